The highest BCUT2D eigenvalue weighted by molar-refractivity contribution is 5.93. The predicted molar refractivity (Wildman–Crippen MR) is 169 cm³/mol. The van der Waals surface area contributed by atoms with Gasteiger partial charge in [0, 0.05) is 0 Å². The Kier molecular flexibility index (Phi) is 13.3. The van der Waals surface area contributed by atoms with Crippen molar-refractivity contribution in [1.82, 2.24) is 0 Å². The van der Waals surface area contributed by atoms with Gasteiger partial charge in [-0.2, -0.15) is 14.4 Å². The van der Waals surface area contributed by atoms with Crippen LogP contribution < -0.4 is 0 Å². The molecule has 0 aliphatic rings. The van der Waals surface area contributed by atoms with Gasteiger partial charge in [0.25, 0.3) is 0 Å². The van der Waals surface area contributed by atoms with Gasteiger partial charge in [0.2, 0.25) is 0 Å². The number of carbonyl (C=O) groups is 6. The van der Waals surface area contributed by atoms with E-state index >= 15 is 0 Å². The lowest BCUT2D eigenvalue weighted by Gasteiger charge is -2.26. The van der Waals surface area contributed by atoms with Crippen LogP contribution in [0.3, 0.4) is 0 Å². The average Bonchev–Trinajstić information content (AvgIpc) is 3.06. The summed E-state index contributed by atoms with van der Waals surface area (Å²) in [5.74, 6) is -2.87. The van der Waals surface area contributed by atoms with E-state index in [9.17, 15) is 28.8 Å². The normalized spacial score (nSPS) is 10.6. The SMILES string of the molecule is Cc1cccc(C)c1C(=O)OOC(=O)OCC(C)(COC(=O)OOC(=O)c1c(C)cccc1C)COC(=O)OOC(=O)c1c(C)cccc1C. The molecule has 0 atom stereocenters. The van der Waals surface area contributed by atoms with Crippen molar-refractivity contribution in [2.45, 2.75) is 48.5 Å². The Morgan fingerprint density at radius 2 is 0.640 bits per heavy atom. The van der Waals surface area contributed by atoms with Crippen molar-refractivity contribution in [2.24, 2.45) is 5.41 Å². The summed E-state index contributed by atoms with van der Waals surface area (Å²) in [6, 6.07) is 15.2. The molecule has 0 saturated heterocycles. The number of ether oxygens (including phenoxy) is 3. The number of rotatable bonds is 9. The molecule has 0 bridgehead atoms. The van der Waals surface area contributed by atoms with Crippen molar-refractivity contribution < 1.29 is 72.3 Å². The number of hydrogen-bond acceptors (Lipinski definition) is 15. The molecule has 0 spiro atoms. The lowest BCUT2D eigenvalue weighted by molar-refractivity contribution is -0.216. The van der Waals surface area contributed by atoms with Gasteiger partial charge in [-0.1, -0.05) is 54.6 Å². The molecule has 0 fully saturated rings. The smallest absolute Gasteiger partial charge is 0.431 e. The van der Waals surface area contributed by atoms with Crippen molar-refractivity contribution in [3.8, 4) is 0 Å². The summed E-state index contributed by atoms with van der Waals surface area (Å²) in [5.41, 5.74) is 2.44. The fourth-order valence-electron chi connectivity index (χ4n) is 4.65. The van der Waals surface area contributed by atoms with Crippen molar-refractivity contribution in [3.63, 3.8) is 0 Å². The first-order valence-electron chi connectivity index (χ1n) is 15.0. The van der Waals surface area contributed by atoms with Crippen LogP contribution in [0.1, 0.15) is 71.4 Å². The third-order valence-corrected chi connectivity index (χ3v) is 7.23. The van der Waals surface area contributed by atoms with E-state index in [-0.39, 0.29) is 16.7 Å². The van der Waals surface area contributed by atoms with Crippen LogP contribution in [0.25, 0.3) is 0 Å². The van der Waals surface area contributed by atoms with Gasteiger partial charge in [0.15, 0.2) is 0 Å². The van der Waals surface area contributed by atoms with Gasteiger partial charge >= 0.3 is 36.4 Å². The molecule has 0 unspecified atom stereocenters. The molecule has 0 aliphatic heterocycles. The van der Waals surface area contributed by atoms with Crippen LogP contribution >= 0.6 is 0 Å². The maximum atomic E-state index is 12.5. The van der Waals surface area contributed by atoms with Gasteiger partial charge in [-0.25, -0.2) is 43.7 Å². The monoisotopic (exact) mass is 696 g/mol. The van der Waals surface area contributed by atoms with Crippen LogP contribution in [0.15, 0.2) is 54.6 Å². The topological polar surface area (TPSA) is 185 Å². The Labute approximate surface area is 287 Å². The summed E-state index contributed by atoms with van der Waals surface area (Å²) >= 11 is 0. The third kappa shape index (κ3) is 10.7. The summed E-state index contributed by atoms with van der Waals surface area (Å²) in [4.78, 5) is 102. The summed E-state index contributed by atoms with van der Waals surface area (Å²) in [5, 5.41) is 0. The van der Waals surface area contributed by atoms with Crippen LogP contribution in [-0.2, 0) is 43.5 Å². The molecule has 0 heterocycles. The van der Waals surface area contributed by atoms with Crippen molar-refractivity contribution in [2.75, 3.05) is 19.8 Å². The molecule has 0 aliphatic carbocycles. The number of aryl methyl sites for hydroxylation is 6. The molecule has 0 saturated carbocycles. The largest absolute Gasteiger partial charge is 0.549 e. The molecule has 266 valence electrons. The fraction of sp³-hybridized carbons (Fsp3) is 0.314. The lowest BCUT2D eigenvalue weighted by atomic mass is 9.94. The van der Waals surface area contributed by atoms with Crippen LogP contribution in [0.4, 0.5) is 14.4 Å². The summed E-state index contributed by atoms with van der Waals surface area (Å²) in [7, 11) is 0. The standard InChI is InChI=1S/C35H36O15/c1-20-11-8-12-21(2)26(20)29(36)45-48-32(39)42-17-35(7,18-43-33(40)49-46-30(37)27-22(3)13-9-14-23(27)4)19-44-34(41)50-47-31(38)28-24(5)15-10-16-25(28)6/h8-16H,17-19H2,1-7H3. The minimum Gasteiger partial charge on any atom is -0.431 e. The van der Waals surface area contributed by atoms with Crippen LogP contribution in [-0.4, -0.2) is 56.2 Å². The molecular weight excluding hydrogens is 660 g/mol. The highest BCUT2D eigenvalue weighted by Crippen LogP contribution is 2.22. The van der Waals surface area contributed by atoms with Crippen LogP contribution in [0.2, 0.25) is 0 Å². The van der Waals surface area contributed by atoms with Gasteiger partial charge in [0.1, 0.15) is 19.8 Å². The third-order valence-electron chi connectivity index (χ3n) is 7.23. The van der Waals surface area contributed by atoms with E-state index < -0.39 is 61.6 Å². The van der Waals surface area contributed by atoms with E-state index in [2.05, 4.69) is 29.3 Å². The average molecular weight is 697 g/mol. The first-order chi connectivity index (χ1) is 23.6. The molecule has 0 aromatic heterocycles. The molecule has 50 heavy (non-hydrogen) atoms. The Hall–Kier alpha value is -6.12. The number of benzene rings is 3. The van der Waals surface area contributed by atoms with E-state index in [1.807, 2.05) is 0 Å². The maximum absolute atomic E-state index is 12.5. The van der Waals surface area contributed by atoms with E-state index in [4.69, 9.17) is 14.2 Å². The lowest BCUT2D eigenvalue weighted by Crippen LogP contribution is -2.37. The second kappa shape index (κ2) is 17.3. The van der Waals surface area contributed by atoms with Crippen LogP contribution in [0, 0.1) is 47.0 Å². The molecule has 3 aromatic carbocycles. The summed E-state index contributed by atoms with van der Waals surface area (Å²) in [6.07, 6.45) is -4.40. The number of carbonyl (C=O) groups excluding carboxylic acids is 6. The second-order valence-corrected chi connectivity index (χ2v) is 11.6. The Balaban J connectivity index is 1.60. The quantitative estimate of drug-likeness (QED) is 0.100. The van der Waals surface area contributed by atoms with Crippen LogP contribution in [0.5, 0.6) is 0 Å². The molecular formula is C35H36O15. The van der Waals surface area contributed by atoms with Gasteiger partial charge in [-0.3, -0.25) is 0 Å². The fourth-order valence-corrected chi connectivity index (χ4v) is 4.65. The molecule has 0 amide bonds. The van der Waals surface area contributed by atoms with Crippen molar-refractivity contribution in [1.29, 1.82) is 0 Å². The van der Waals surface area contributed by atoms with Gasteiger partial charge in [-0.05, 0) is 81.8 Å². The first kappa shape index (κ1) is 38.3. The zero-order valence-electron chi connectivity index (χ0n) is 28.4. The Morgan fingerprint density at radius 1 is 0.420 bits per heavy atom. The van der Waals surface area contributed by atoms with Gasteiger partial charge < -0.3 is 14.2 Å². The Bertz CT molecular complexity index is 1500. The molecule has 15 nitrogen and oxygen atoms in total. The van der Waals surface area contributed by atoms with E-state index in [1.165, 1.54) is 6.92 Å². The summed E-state index contributed by atoms with van der Waals surface area (Å²) < 4.78 is 15.0. The van der Waals surface area contributed by atoms with Crippen molar-refractivity contribution >= 4 is 36.4 Å². The predicted octanol–water partition coefficient (Wildman–Crippen LogP) is 6.62. The molecule has 3 rings (SSSR count). The maximum Gasteiger partial charge on any atom is 0.549 e. The summed E-state index contributed by atoms with van der Waals surface area (Å²) in [6.45, 7) is 9.33. The van der Waals surface area contributed by atoms with E-state index in [1.54, 1.807) is 96.1 Å². The molecule has 0 radical (unpaired) electrons. The Morgan fingerprint density at radius 3 is 0.860 bits per heavy atom. The molecule has 15 heteroatoms. The minimum atomic E-state index is -1.55. The second-order valence-electron chi connectivity index (χ2n) is 11.6. The van der Waals surface area contributed by atoms with Gasteiger partial charge in [0.05, 0.1) is 22.1 Å². The van der Waals surface area contributed by atoms with Crippen molar-refractivity contribution in [3.05, 3.63) is 105 Å². The number of hydrogen-bond donors (Lipinski definition) is 0. The molecule has 3 aromatic rings. The minimum absolute atomic E-state index is 0.181. The molecule has 0 N–H and O–H groups in total. The highest BCUT2D eigenvalue weighted by Gasteiger charge is 2.33. The zero-order valence-corrected chi connectivity index (χ0v) is 28.4. The highest BCUT2D eigenvalue weighted by atomic mass is 17.2. The van der Waals surface area contributed by atoms with Gasteiger partial charge in [-0.15, -0.1) is 0 Å². The zero-order chi connectivity index (χ0) is 37.0. The van der Waals surface area contributed by atoms with E-state index in [0.717, 1.165) is 0 Å². The van der Waals surface area contributed by atoms with E-state index in [0.29, 0.717) is 33.4 Å². The first-order valence-corrected chi connectivity index (χ1v) is 15.0.